The number of benzene rings is 1. The zero-order valence-electron chi connectivity index (χ0n) is 24.6. The molecule has 2 aromatic rings. The molecule has 0 bridgehead atoms. The monoisotopic (exact) mass is 572 g/mol. The predicted molar refractivity (Wildman–Crippen MR) is 161 cm³/mol. The van der Waals surface area contributed by atoms with Crippen molar-refractivity contribution in [2.75, 3.05) is 49.9 Å². The molecule has 1 N–H and O–H groups in total. The average molecular weight is 573 g/mol. The summed E-state index contributed by atoms with van der Waals surface area (Å²) < 4.78 is 24.1. The molecule has 10 heteroatoms. The molecule has 40 heavy (non-hydrogen) atoms. The highest BCUT2D eigenvalue weighted by Crippen LogP contribution is 2.35. The Hall–Kier alpha value is -2.43. The van der Waals surface area contributed by atoms with Crippen molar-refractivity contribution in [2.24, 2.45) is 11.8 Å². The average Bonchev–Trinajstić information content (AvgIpc) is 3.39. The molecular formula is C30H45FN6O2S. The quantitative estimate of drug-likeness (QED) is 0.265. The third-order valence-electron chi connectivity index (χ3n) is 7.83. The summed E-state index contributed by atoms with van der Waals surface area (Å²) in [6.07, 6.45) is 6.76. The number of hydrogen-bond donors (Lipinski definition) is 1. The van der Waals surface area contributed by atoms with Crippen LogP contribution >= 0.6 is 11.9 Å². The fourth-order valence-corrected chi connectivity index (χ4v) is 6.45. The molecule has 8 nitrogen and oxygen atoms in total. The minimum Gasteiger partial charge on any atom is -0.451 e. The lowest BCUT2D eigenvalue weighted by Crippen LogP contribution is -2.42. The zero-order valence-corrected chi connectivity index (χ0v) is 25.4. The maximum Gasteiger partial charge on any atom is 0.258 e. The minimum atomic E-state index is -0.477. The summed E-state index contributed by atoms with van der Waals surface area (Å²) in [4.78, 5) is 28.8. The molecule has 4 rings (SSSR count). The van der Waals surface area contributed by atoms with Crippen LogP contribution in [0.4, 0.5) is 10.2 Å². The summed E-state index contributed by atoms with van der Waals surface area (Å²) in [7, 11) is 0. The fraction of sp³-hybridized carbons (Fsp3) is 0.633. The van der Waals surface area contributed by atoms with Crippen molar-refractivity contribution in [1.29, 1.82) is 0 Å². The Balaban J connectivity index is 1.41. The van der Waals surface area contributed by atoms with E-state index in [1.54, 1.807) is 11.1 Å². The molecule has 3 heterocycles. The van der Waals surface area contributed by atoms with E-state index in [1.807, 2.05) is 39.6 Å². The second-order valence-electron chi connectivity index (χ2n) is 11.5. The standard InChI is InChI=1S/C30H45FN6O2S/c1-6-40-34-16-23-9-12-35(13-10-23)18-24-11-14-36(19-24)29-28(17-32-20-33-29)39-27-8-7-25(31)15-26(27)30(38)37(21(2)3)22(4)5/h7-8,15,17,20-24,34H,6,9-14,16,18-19H2,1-5H3. The van der Waals surface area contributed by atoms with Crippen LogP contribution < -0.4 is 14.4 Å². The van der Waals surface area contributed by atoms with E-state index in [-0.39, 0.29) is 23.6 Å². The van der Waals surface area contributed by atoms with Gasteiger partial charge in [0, 0.05) is 44.0 Å². The number of likely N-dealkylation sites (tertiary alicyclic amines) is 1. The second kappa shape index (κ2) is 14.5. The third kappa shape index (κ3) is 7.85. The minimum absolute atomic E-state index is 0.0386. The lowest BCUT2D eigenvalue weighted by molar-refractivity contribution is 0.0640. The van der Waals surface area contributed by atoms with Gasteiger partial charge in [-0.15, -0.1) is 0 Å². The van der Waals surface area contributed by atoms with Gasteiger partial charge in [-0.05, 0) is 90.1 Å². The molecule has 2 fully saturated rings. The van der Waals surface area contributed by atoms with Crippen molar-refractivity contribution in [2.45, 2.75) is 66.0 Å². The van der Waals surface area contributed by atoms with Gasteiger partial charge in [0.1, 0.15) is 17.9 Å². The number of anilines is 1. The Bertz CT molecular complexity index is 1100. The first-order valence-corrected chi connectivity index (χ1v) is 15.7. The van der Waals surface area contributed by atoms with Crippen LogP contribution in [0.25, 0.3) is 0 Å². The van der Waals surface area contributed by atoms with E-state index in [9.17, 15) is 9.18 Å². The van der Waals surface area contributed by atoms with E-state index in [2.05, 4.69) is 31.4 Å². The molecule has 0 aliphatic carbocycles. The Morgan fingerprint density at radius 1 is 1.12 bits per heavy atom. The van der Waals surface area contributed by atoms with Gasteiger partial charge in [0.05, 0.1) is 11.8 Å². The highest BCUT2D eigenvalue weighted by molar-refractivity contribution is 7.97. The number of carbonyl (C=O) groups excluding carboxylic acids is 1. The van der Waals surface area contributed by atoms with E-state index < -0.39 is 5.82 Å². The van der Waals surface area contributed by atoms with E-state index in [0.717, 1.165) is 57.4 Å². The largest absolute Gasteiger partial charge is 0.451 e. The van der Waals surface area contributed by atoms with E-state index >= 15 is 0 Å². The third-order valence-corrected chi connectivity index (χ3v) is 8.48. The first kappa shape index (κ1) is 30.5. The van der Waals surface area contributed by atoms with Crippen LogP contribution in [0, 0.1) is 17.7 Å². The molecular weight excluding hydrogens is 527 g/mol. The lowest BCUT2D eigenvalue weighted by Gasteiger charge is -2.33. The molecule has 1 aromatic heterocycles. The Kier molecular flexibility index (Phi) is 11.0. The van der Waals surface area contributed by atoms with Gasteiger partial charge in [-0.1, -0.05) is 18.9 Å². The number of nitrogens with zero attached hydrogens (tertiary/aromatic N) is 5. The lowest BCUT2D eigenvalue weighted by atomic mass is 9.96. The second-order valence-corrected chi connectivity index (χ2v) is 12.6. The van der Waals surface area contributed by atoms with Crippen LogP contribution in [0.15, 0.2) is 30.7 Å². The van der Waals surface area contributed by atoms with Crippen LogP contribution in [-0.4, -0.2) is 82.8 Å². The highest BCUT2D eigenvalue weighted by Gasteiger charge is 2.30. The van der Waals surface area contributed by atoms with Crippen LogP contribution in [-0.2, 0) is 0 Å². The molecule has 2 aliphatic rings. The molecule has 1 atom stereocenters. The molecule has 2 aliphatic heterocycles. The Labute approximate surface area is 243 Å². The van der Waals surface area contributed by atoms with Gasteiger partial charge in [-0.3, -0.25) is 9.52 Å². The van der Waals surface area contributed by atoms with Crippen LogP contribution in [0.2, 0.25) is 0 Å². The SMILES string of the molecule is CCSNCC1CCN(CC2CCN(c3ncncc3Oc3ccc(F)cc3C(=O)N(C(C)C)C(C)C)C2)CC1. The number of hydrogen-bond acceptors (Lipinski definition) is 8. The fourth-order valence-electron chi connectivity index (χ4n) is 5.89. The maximum absolute atomic E-state index is 14.3. The summed E-state index contributed by atoms with van der Waals surface area (Å²) in [6.45, 7) is 16.3. The molecule has 2 saturated heterocycles. The maximum atomic E-state index is 14.3. The van der Waals surface area contributed by atoms with E-state index in [1.165, 1.54) is 37.4 Å². The Morgan fingerprint density at radius 2 is 1.85 bits per heavy atom. The summed E-state index contributed by atoms with van der Waals surface area (Å²) in [6, 6.07) is 4.02. The van der Waals surface area contributed by atoms with Gasteiger partial charge in [-0.25, -0.2) is 14.4 Å². The number of rotatable bonds is 12. The molecule has 1 aromatic carbocycles. The zero-order chi connectivity index (χ0) is 28.6. The summed E-state index contributed by atoms with van der Waals surface area (Å²) in [5, 5.41) is 0. The molecule has 1 amide bonds. The molecule has 220 valence electrons. The van der Waals surface area contributed by atoms with Crippen LogP contribution in [0.1, 0.15) is 64.2 Å². The number of nitrogens with one attached hydrogen (secondary N) is 1. The van der Waals surface area contributed by atoms with Gasteiger partial charge in [0.2, 0.25) is 0 Å². The van der Waals surface area contributed by atoms with Gasteiger partial charge >= 0.3 is 0 Å². The summed E-state index contributed by atoms with van der Waals surface area (Å²) in [5.74, 6) is 3.19. The number of piperidine rings is 1. The first-order valence-electron chi connectivity index (χ1n) is 14.7. The van der Waals surface area contributed by atoms with Crippen molar-refractivity contribution in [1.82, 2.24) is 24.5 Å². The van der Waals surface area contributed by atoms with Crippen LogP contribution in [0.5, 0.6) is 11.5 Å². The normalized spacial score (nSPS) is 18.6. The molecule has 1 unspecified atom stereocenters. The highest BCUT2D eigenvalue weighted by atomic mass is 32.2. The molecule has 0 radical (unpaired) electrons. The number of halogens is 1. The Morgan fingerprint density at radius 3 is 2.55 bits per heavy atom. The number of amides is 1. The smallest absolute Gasteiger partial charge is 0.258 e. The van der Waals surface area contributed by atoms with Crippen molar-refractivity contribution >= 4 is 23.7 Å². The summed E-state index contributed by atoms with van der Waals surface area (Å²) in [5.41, 5.74) is 0.198. The van der Waals surface area contributed by atoms with Gasteiger partial charge in [0.25, 0.3) is 5.91 Å². The van der Waals surface area contributed by atoms with Crippen LogP contribution in [0.3, 0.4) is 0 Å². The van der Waals surface area contributed by atoms with Crippen molar-refractivity contribution < 1.29 is 13.9 Å². The van der Waals surface area contributed by atoms with E-state index in [4.69, 9.17) is 4.74 Å². The first-order chi connectivity index (χ1) is 19.3. The van der Waals surface area contributed by atoms with Gasteiger partial charge in [0.15, 0.2) is 11.6 Å². The van der Waals surface area contributed by atoms with Crippen molar-refractivity contribution in [3.05, 3.63) is 42.1 Å². The van der Waals surface area contributed by atoms with E-state index in [0.29, 0.717) is 23.2 Å². The molecule has 0 spiro atoms. The number of ether oxygens (including phenoxy) is 1. The topological polar surface area (TPSA) is 73.8 Å². The van der Waals surface area contributed by atoms with Gasteiger partial charge in [-0.2, -0.15) is 0 Å². The predicted octanol–water partition coefficient (Wildman–Crippen LogP) is 5.46. The summed E-state index contributed by atoms with van der Waals surface area (Å²) >= 11 is 1.81. The molecule has 0 saturated carbocycles. The van der Waals surface area contributed by atoms with Crippen molar-refractivity contribution in [3.63, 3.8) is 0 Å². The number of carbonyl (C=O) groups is 1. The van der Waals surface area contributed by atoms with Gasteiger partial charge < -0.3 is 19.4 Å². The van der Waals surface area contributed by atoms with Crippen molar-refractivity contribution in [3.8, 4) is 11.5 Å². The number of aromatic nitrogens is 2.